The lowest BCUT2D eigenvalue weighted by molar-refractivity contribution is -0.123. The molecule has 0 N–H and O–H groups in total. The molecule has 0 saturated heterocycles. The third kappa shape index (κ3) is 2.98. The third-order valence-corrected chi connectivity index (χ3v) is 4.35. The van der Waals surface area contributed by atoms with E-state index >= 15 is 0 Å². The maximum atomic E-state index is 12.2. The van der Waals surface area contributed by atoms with Gasteiger partial charge in [0.1, 0.15) is 5.78 Å². The second kappa shape index (κ2) is 5.81. The van der Waals surface area contributed by atoms with Gasteiger partial charge in [-0.2, -0.15) is 0 Å². The van der Waals surface area contributed by atoms with Crippen molar-refractivity contribution in [2.75, 3.05) is 19.6 Å². The zero-order valence-electron chi connectivity index (χ0n) is 11.2. The van der Waals surface area contributed by atoms with Crippen LogP contribution in [0.2, 0.25) is 0 Å². The van der Waals surface area contributed by atoms with Crippen molar-refractivity contribution in [3.05, 3.63) is 12.2 Å². The van der Waals surface area contributed by atoms with Crippen LogP contribution in [0.3, 0.4) is 0 Å². The summed E-state index contributed by atoms with van der Waals surface area (Å²) in [4.78, 5) is 14.6. The Morgan fingerprint density at radius 1 is 1.24 bits per heavy atom. The van der Waals surface area contributed by atoms with Gasteiger partial charge in [-0.25, -0.2) is 0 Å². The smallest absolute Gasteiger partial charge is 0.137 e. The Kier molecular flexibility index (Phi) is 4.38. The fourth-order valence-electron chi connectivity index (χ4n) is 3.35. The highest BCUT2D eigenvalue weighted by atomic mass is 16.1. The van der Waals surface area contributed by atoms with Crippen LogP contribution in [0.15, 0.2) is 12.2 Å². The summed E-state index contributed by atoms with van der Waals surface area (Å²) in [7, 11) is 0. The van der Waals surface area contributed by atoms with E-state index in [1.807, 2.05) is 0 Å². The number of carbonyl (C=O) groups is 1. The predicted molar refractivity (Wildman–Crippen MR) is 70.9 cm³/mol. The number of hydrogen-bond acceptors (Lipinski definition) is 2. The number of Topliss-reactive ketones (excluding diaryl/α,β-unsaturated/α-hetero) is 1. The molecule has 0 spiro atoms. The molecule has 1 fully saturated rings. The SMILES string of the molecule is CCCN(CC)CCC(=O)C1CC2C=CC1C2. The van der Waals surface area contributed by atoms with Crippen LogP contribution in [-0.2, 0) is 4.79 Å². The third-order valence-electron chi connectivity index (χ3n) is 4.35. The Balaban J connectivity index is 1.76. The van der Waals surface area contributed by atoms with Crippen LogP contribution in [0.1, 0.15) is 39.5 Å². The van der Waals surface area contributed by atoms with Crippen molar-refractivity contribution < 1.29 is 4.79 Å². The summed E-state index contributed by atoms with van der Waals surface area (Å²) in [5, 5.41) is 0. The molecule has 0 aromatic carbocycles. The summed E-state index contributed by atoms with van der Waals surface area (Å²) < 4.78 is 0. The summed E-state index contributed by atoms with van der Waals surface area (Å²) in [6.45, 7) is 7.53. The van der Waals surface area contributed by atoms with Gasteiger partial charge in [0.15, 0.2) is 0 Å². The van der Waals surface area contributed by atoms with Crippen LogP contribution in [0.4, 0.5) is 0 Å². The molecule has 3 unspecified atom stereocenters. The molecule has 0 amide bonds. The standard InChI is InChI=1S/C15H25NO/c1-3-8-16(4-2)9-7-15(17)14-11-12-5-6-13(14)10-12/h5-6,12-14H,3-4,7-11H2,1-2H3. The lowest BCUT2D eigenvalue weighted by atomic mass is 9.88. The Bertz CT molecular complexity index is 297. The van der Waals surface area contributed by atoms with E-state index in [1.165, 1.54) is 12.8 Å². The minimum atomic E-state index is 0.352. The van der Waals surface area contributed by atoms with Crippen molar-refractivity contribution in [1.29, 1.82) is 0 Å². The van der Waals surface area contributed by atoms with E-state index in [1.54, 1.807) is 0 Å². The first-order valence-corrected chi connectivity index (χ1v) is 7.18. The predicted octanol–water partition coefficient (Wildman–Crippen LogP) is 2.89. The van der Waals surface area contributed by atoms with Crippen LogP contribution >= 0.6 is 0 Å². The highest BCUT2D eigenvalue weighted by Crippen LogP contribution is 2.44. The van der Waals surface area contributed by atoms with Crippen molar-refractivity contribution in [3.8, 4) is 0 Å². The maximum Gasteiger partial charge on any atom is 0.137 e. The molecular weight excluding hydrogens is 210 g/mol. The Morgan fingerprint density at radius 3 is 2.59 bits per heavy atom. The number of allylic oxidation sites excluding steroid dienone is 2. The van der Waals surface area contributed by atoms with Gasteiger partial charge in [-0.05, 0) is 44.2 Å². The van der Waals surface area contributed by atoms with Gasteiger partial charge in [0.25, 0.3) is 0 Å². The Labute approximate surface area is 105 Å². The molecule has 2 nitrogen and oxygen atoms in total. The largest absolute Gasteiger partial charge is 0.303 e. The lowest BCUT2D eigenvalue weighted by Crippen LogP contribution is -2.29. The van der Waals surface area contributed by atoms with Crippen molar-refractivity contribution in [1.82, 2.24) is 4.90 Å². The van der Waals surface area contributed by atoms with E-state index in [2.05, 4.69) is 30.9 Å². The number of ketones is 1. The fraction of sp³-hybridized carbons (Fsp3) is 0.800. The van der Waals surface area contributed by atoms with E-state index in [0.29, 0.717) is 23.5 Å². The molecule has 2 aliphatic carbocycles. The van der Waals surface area contributed by atoms with Crippen molar-refractivity contribution in [3.63, 3.8) is 0 Å². The van der Waals surface area contributed by atoms with Gasteiger partial charge in [0, 0.05) is 18.9 Å². The molecule has 96 valence electrons. The van der Waals surface area contributed by atoms with Gasteiger partial charge in [-0.3, -0.25) is 4.79 Å². The van der Waals surface area contributed by atoms with Gasteiger partial charge >= 0.3 is 0 Å². The summed E-state index contributed by atoms with van der Waals surface area (Å²) in [6, 6.07) is 0. The van der Waals surface area contributed by atoms with Crippen LogP contribution in [0.5, 0.6) is 0 Å². The topological polar surface area (TPSA) is 20.3 Å². The maximum absolute atomic E-state index is 12.2. The fourth-order valence-corrected chi connectivity index (χ4v) is 3.35. The van der Waals surface area contributed by atoms with Crippen molar-refractivity contribution in [2.24, 2.45) is 17.8 Å². The van der Waals surface area contributed by atoms with Crippen molar-refractivity contribution in [2.45, 2.75) is 39.5 Å². The molecule has 0 radical (unpaired) electrons. The van der Waals surface area contributed by atoms with Crippen molar-refractivity contribution >= 4 is 5.78 Å². The molecule has 0 aromatic rings. The highest BCUT2D eigenvalue weighted by Gasteiger charge is 2.39. The first-order chi connectivity index (χ1) is 8.24. The number of hydrogen-bond donors (Lipinski definition) is 0. The van der Waals surface area contributed by atoms with Crippen LogP contribution in [-0.4, -0.2) is 30.3 Å². The molecule has 3 atom stereocenters. The van der Waals surface area contributed by atoms with Gasteiger partial charge in [0.2, 0.25) is 0 Å². The van der Waals surface area contributed by atoms with Gasteiger partial charge in [-0.1, -0.05) is 26.0 Å². The molecule has 2 bridgehead atoms. The molecule has 1 saturated carbocycles. The number of nitrogens with zero attached hydrogens (tertiary/aromatic N) is 1. The molecule has 2 rings (SSSR count). The highest BCUT2D eigenvalue weighted by molar-refractivity contribution is 5.82. The van der Waals surface area contributed by atoms with Gasteiger partial charge in [-0.15, -0.1) is 0 Å². The molecule has 17 heavy (non-hydrogen) atoms. The molecule has 2 aliphatic rings. The summed E-state index contributed by atoms with van der Waals surface area (Å²) >= 11 is 0. The second-order valence-electron chi connectivity index (χ2n) is 5.54. The van der Waals surface area contributed by atoms with E-state index < -0.39 is 0 Å². The number of fused-ring (bicyclic) bond motifs is 2. The molecule has 2 heteroatoms. The average Bonchev–Trinajstić information content (AvgIpc) is 2.96. The van der Waals surface area contributed by atoms with Crippen LogP contribution in [0, 0.1) is 17.8 Å². The normalized spacial score (nSPS) is 30.4. The second-order valence-corrected chi connectivity index (χ2v) is 5.54. The van der Waals surface area contributed by atoms with Crippen LogP contribution in [0.25, 0.3) is 0 Å². The molecule has 0 aromatic heterocycles. The van der Waals surface area contributed by atoms with E-state index in [0.717, 1.165) is 32.5 Å². The quantitative estimate of drug-likeness (QED) is 0.632. The minimum Gasteiger partial charge on any atom is -0.303 e. The average molecular weight is 235 g/mol. The Morgan fingerprint density at radius 2 is 2.06 bits per heavy atom. The van der Waals surface area contributed by atoms with E-state index in [4.69, 9.17) is 0 Å². The van der Waals surface area contributed by atoms with E-state index in [9.17, 15) is 4.79 Å². The monoisotopic (exact) mass is 235 g/mol. The lowest BCUT2D eigenvalue weighted by Gasteiger charge is -2.21. The molecule has 0 heterocycles. The van der Waals surface area contributed by atoms with Gasteiger partial charge < -0.3 is 4.90 Å². The number of carbonyl (C=O) groups excluding carboxylic acids is 1. The van der Waals surface area contributed by atoms with E-state index in [-0.39, 0.29) is 0 Å². The summed E-state index contributed by atoms with van der Waals surface area (Å²) in [5.41, 5.74) is 0. The minimum absolute atomic E-state index is 0.352. The zero-order chi connectivity index (χ0) is 12.3. The summed E-state index contributed by atoms with van der Waals surface area (Å²) in [6.07, 6.45) is 8.89. The number of rotatable bonds is 7. The van der Waals surface area contributed by atoms with Crippen LogP contribution < -0.4 is 0 Å². The van der Waals surface area contributed by atoms with Gasteiger partial charge in [0.05, 0.1) is 0 Å². The molecule has 0 aliphatic heterocycles. The summed E-state index contributed by atoms with van der Waals surface area (Å²) in [5.74, 6) is 2.15. The first-order valence-electron chi connectivity index (χ1n) is 7.18. The Hall–Kier alpha value is -0.630. The zero-order valence-corrected chi connectivity index (χ0v) is 11.2. The first kappa shape index (κ1) is 12.8. The molecular formula is C15H25NO.